The van der Waals surface area contributed by atoms with Gasteiger partial charge in [-0.05, 0) is 23.7 Å². The molecule has 104 valence electrons. The summed E-state index contributed by atoms with van der Waals surface area (Å²) in [4.78, 5) is 12.6. The Morgan fingerprint density at radius 2 is 1.95 bits per heavy atom. The summed E-state index contributed by atoms with van der Waals surface area (Å²) < 4.78 is 29.3. The van der Waals surface area contributed by atoms with Crippen LogP contribution < -0.4 is 0 Å². The van der Waals surface area contributed by atoms with Crippen molar-refractivity contribution in [1.29, 1.82) is 0 Å². The largest absolute Gasteiger partial charge is 0.269 e. The van der Waals surface area contributed by atoms with Gasteiger partial charge < -0.3 is 0 Å². The maximum atomic E-state index is 12.3. The van der Waals surface area contributed by atoms with Crippen LogP contribution in [-0.4, -0.2) is 23.0 Å². The Kier molecular flexibility index (Phi) is 3.24. The molecule has 2 heterocycles. The third-order valence-electron chi connectivity index (χ3n) is 2.86. The lowest BCUT2D eigenvalue weighted by Gasteiger charge is -2.13. The number of carbonyl (C=O) groups excluding carboxylic acids is 1. The molecule has 9 heteroatoms. The van der Waals surface area contributed by atoms with Gasteiger partial charge >= 0.3 is 0 Å². The zero-order valence-corrected chi connectivity index (χ0v) is 12.9. The molecule has 3 rings (SSSR count). The number of hydrogen-bond acceptors (Lipinski definition) is 5. The fourth-order valence-corrected chi connectivity index (χ4v) is 4.70. The fraction of sp³-hybridized carbons (Fsp3) is 0.0909. The smallest absolute Gasteiger partial charge is 0.268 e. The molecule has 0 aliphatic carbocycles. The Bertz CT molecular complexity index is 817. The number of hydrogen-bond donors (Lipinski definition) is 0. The van der Waals surface area contributed by atoms with Gasteiger partial charge in [-0.15, -0.1) is 0 Å². The summed E-state index contributed by atoms with van der Waals surface area (Å²) in [5.41, 5.74) is 0.166. The molecular formula is C11H6Cl2N2O3S2. The Labute approximate surface area is 129 Å². The number of fused-ring (bicyclic) bond motifs is 1. The Morgan fingerprint density at radius 1 is 1.25 bits per heavy atom. The molecule has 1 amide bonds. The predicted molar refractivity (Wildman–Crippen MR) is 75.6 cm³/mol. The zero-order valence-electron chi connectivity index (χ0n) is 9.71. The van der Waals surface area contributed by atoms with Crippen LogP contribution >= 0.6 is 34.7 Å². The van der Waals surface area contributed by atoms with Crippen molar-refractivity contribution < 1.29 is 13.2 Å². The molecule has 0 bridgehead atoms. The van der Waals surface area contributed by atoms with Crippen LogP contribution in [0.4, 0.5) is 0 Å². The van der Waals surface area contributed by atoms with Gasteiger partial charge in [0.15, 0.2) is 5.15 Å². The SMILES string of the molecule is O=C1c2ccccc2S(=O)(=O)N1Cc1snc(Cl)c1Cl. The number of halogens is 2. The van der Waals surface area contributed by atoms with E-state index < -0.39 is 15.9 Å². The molecule has 5 nitrogen and oxygen atoms in total. The molecule has 0 spiro atoms. The number of benzene rings is 1. The highest BCUT2D eigenvalue weighted by molar-refractivity contribution is 7.90. The van der Waals surface area contributed by atoms with Crippen LogP contribution in [0.5, 0.6) is 0 Å². The highest BCUT2D eigenvalue weighted by Crippen LogP contribution is 2.35. The van der Waals surface area contributed by atoms with Gasteiger partial charge in [0.2, 0.25) is 0 Å². The monoisotopic (exact) mass is 348 g/mol. The van der Waals surface area contributed by atoms with E-state index in [0.29, 0.717) is 4.88 Å². The minimum absolute atomic E-state index is 0.0109. The number of nitrogens with zero attached hydrogens (tertiary/aromatic N) is 2. The lowest BCUT2D eigenvalue weighted by Crippen LogP contribution is -2.29. The molecule has 0 unspecified atom stereocenters. The van der Waals surface area contributed by atoms with Crippen molar-refractivity contribution in [3.63, 3.8) is 0 Å². The molecule has 20 heavy (non-hydrogen) atoms. The van der Waals surface area contributed by atoms with E-state index in [0.717, 1.165) is 15.8 Å². The van der Waals surface area contributed by atoms with E-state index in [4.69, 9.17) is 23.2 Å². The number of aromatic nitrogens is 1. The van der Waals surface area contributed by atoms with Crippen molar-refractivity contribution in [2.45, 2.75) is 11.4 Å². The van der Waals surface area contributed by atoms with Crippen LogP contribution in [0.25, 0.3) is 0 Å². The van der Waals surface area contributed by atoms with E-state index in [1.165, 1.54) is 12.1 Å². The van der Waals surface area contributed by atoms with Crippen LogP contribution in [0.3, 0.4) is 0 Å². The molecular weight excluding hydrogens is 343 g/mol. The number of carbonyl (C=O) groups is 1. The minimum atomic E-state index is -3.84. The summed E-state index contributed by atoms with van der Waals surface area (Å²) in [7, 11) is -3.84. The van der Waals surface area contributed by atoms with Crippen molar-refractivity contribution in [2.75, 3.05) is 0 Å². The molecule has 0 radical (unpaired) electrons. The standard InChI is InChI=1S/C11H6Cl2N2O3S2/c12-9-7(19-14-10(9)13)5-15-11(16)6-3-1-2-4-8(6)20(15,17)18/h1-4H,5H2. The van der Waals surface area contributed by atoms with Gasteiger partial charge in [-0.25, -0.2) is 12.7 Å². The second-order valence-corrected chi connectivity index (χ2v) is 7.45. The molecule has 1 aromatic carbocycles. The second kappa shape index (κ2) is 4.70. The van der Waals surface area contributed by atoms with Crippen molar-refractivity contribution >= 4 is 50.7 Å². The van der Waals surface area contributed by atoms with Gasteiger partial charge in [0.05, 0.1) is 22.0 Å². The maximum absolute atomic E-state index is 12.3. The van der Waals surface area contributed by atoms with Gasteiger partial charge in [0, 0.05) is 0 Å². The number of amides is 1. The van der Waals surface area contributed by atoms with Gasteiger partial charge in [-0.2, -0.15) is 4.37 Å². The van der Waals surface area contributed by atoms with Crippen molar-refractivity contribution in [2.24, 2.45) is 0 Å². The predicted octanol–water partition coefficient (Wildman–Crippen LogP) is 2.79. The summed E-state index contributed by atoms with van der Waals surface area (Å²) in [6, 6.07) is 6.08. The lowest BCUT2D eigenvalue weighted by atomic mass is 10.2. The van der Waals surface area contributed by atoms with Gasteiger partial charge in [-0.1, -0.05) is 35.3 Å². The molecule has 1 aliphatic rings. The molecule has 0 N–H and O–H groups in total. The Balaban J connectivity index is 2.05. The normalized spacial score (nSPS) is 16.5. The zero-order chi connectivity index (χ0) is 14.5. The van der Waals surface area contributed by atoms with E-state index in [9.17, 15) is 13.2 Å². The second-order valence-electron chi connectivity index (χ2n) is 4.02. The molecule has 0 fully saturated rings. The number of sulfonamides is 1. The Hall–Kier alpha value is -1.15. The first-order valence-electron chi connectivity index (χ1n) is 5.38. The average Bonchev–Trinajstić information content (AvgIpc) is 2.83. The van der Waals surface area contributed by atoms with Crippen molar-refractivity contribution in [3.05, 3.63) is 44.9 Å². The highest BCUT2D eigenvalue weighted by Gasteiger charge is 2.41. The molecule has 1 aromatic heterocycles. The van der Waals surface area contributed by atoms with E-state index in [-0.39, 0.29) is 27.2 Å². The van der Waals surface area contributed by atoms with Gasteiger partial charge in [0.1, 0.15) is 4.90 Å². The van der Waals surface area contributed by atoms with E-state index >= 15 is 0 Å². The summed E-state index contributed by atoms with van der Waals surface area (Å²) >= 11 is 12.6. The van der Waals surface area contributed by atoms with Crippen molar-refractivity contribution in [1.82, 2.24) is 8.68 Å². The molecule has 2 aromatic rings. The fourth-order valence-electron chi connectivity index (χ4n) is 1.91. The molecule has 0 atom stereocenters. The quantitative estimate of drug-likeness (QED) is 0.836. The van der Waals surface area contributed by atoms with E-state index in [1.807, 2.05) is 0 Å². The van der Waals surface area contributed by atoms with Crippen LogP contribution in [0, 0.1) is 0 Å². The number of rotatable bonds is 2. The van der Waals surface area contributed by atoms with Crippen LogP contribution in [0.1, 0.15) is 15.2 Å². The van der Waals surface area contributed by atoms with E-state index in [1.54, 1.807) is 12.1 Å². The van der Waals surface area contributed by atoms with Crippen LogP contribution in [-0.2, 0) is 16.6 Å². The average molecular weight is 349 g/mol. The maximum Gasteiger partial charge on any atom is 0.269 e. The third kappa shape index (κ3) is 1.93. The summed E-state index contributed by atoms with van der Waals surface area (Å²) in [6.45, 7) is -0.168. The Morgan fingerprint density at radius 3 is 2.55 bits per heavy atom. The summed E-state index contributed by atoms with van der Waals surface area (Å²) in [6.07, 6.45) is 0. The summed E-state index contributed by atoms with van der Waals surface area (Å²) in [5, 5.41) is 0.281. The first kappa shape index (κ1) is 13.8. The molecule has 0 saturated heterocycles. The van der Waals surface area contributed by atoms with Crippen LogP contribution in [0.15, 0.2) is 29.2 Å². The van der Waals surface area contributed by atoms with Gasteiger partial charge in [-0.3, -0.25) is 4.79 Å². The first-order valence-corrected chi connectivity index (χ1v) is 8.35. The summed E-state index contributed by atoms with van der Waals surface area (Å²) in [5.74, 6) is -0.568. The van der Waals surface area contributed by atoms with Crippen LogP contribution in [0.2, 0.25) is 10.2 Å². The molecule has 0 saturated carbocycles. The lowest BCUT2D eigenvalue weighted by molar-refractivity contribution is 0.0866. The van der Waals surface area contributed by atoms with E-state index in [2.05, 4.69) is 4.37 Å². The van der Waals surface area contributed by atoms with Crippen molar-refractivity contribution in [3.8, 4) is 0 Å². The minimum Gasteiger partial charge on any atom is -0.268 e. The van der Waals surface area contributed by atoms with Gasteiger partial charge in [0.25, 0.3) is 15.9 Å². The topological polar surface area (TPSA) is 67.3 Å². The third-order valence-corrected chi connectivity index (χ3v) is 6.47. The molecule has 1 aliphatic heterocycles. The first-order chi connectivity index (χ1) is 9.43. The highest BCUT2D eigenvalue weighted by atomic mass is 35.5.